The number of carbonyl (C=O) groups is 1. The van der Waals surface area contributed by atoms with Crippen LogP contribution in [0, 0.1) is 11.7 Å². The van der Waals surface area contributed by atoms with Crippen LogP contribution in [0.5, 0.6) is 0 Å². The number of nitrogens with zero attached hydrogens (tertiary/aromatic N) is 1. The third kappa shape index (κ3) is 3.48. The molecule has 110 valence electrons. The smallest absolute Gasteiger partial charge is 0.340 e. The van der Waals surface area contributed by atoms with E-state index in [9.17, 15) is 9.18 Å². The highest BCUT2D eigenvalue weighted by Gasteiger charge is 2.20. The van der Waals surface area contributed by atoms with Gasteiger partial charge < -0.3 is 15.3 Å². The van der Waals surface area contributed by atoms with Gasteiger partial charge in [-0.1, -0.05) is 13.0 Å². The first-order valence-corrected chi connectivity index (χ1v) is 7.09. The second kappa shape index (κ2) is 6.70. The summed E-state index contributed by atoms with van der Waals surface area (Å²) >= 11 is 0. The van der Waals surface area contributed by atoms with Crippen LogP contribution in [0.4, 0.5) is 10.1 Å². The molecule has 0 bridgehead atoms. The fourth-order valence-corrected chi connectivity index (χ4v) is 2.65. The van der Waals surface area contributed by atoms with Crippen LogP contribution in [0.15, 0.2) is 18.2 Å². The van der Waals surface area contributed by atoms with Crippen LogP contribution in [0.2, 0.25) is 0 Å². The molecule has 1 aliphatic heterocycles. The third-order valence-electron chi connectivity index (χ3n) is 3.96. The Morgan fingerprint density at radius 2 is 2.15 bits per heavy atom. The summed E-state index contributed by atoms with van der Waals surface area (Å²) < 4.78 is 13.5. The number of anilines is 1. The van der Waals surface area contributed by atoms with E-state index in [1.54, 1.807) is 6.07 Å². The van der Waals surface area contributed by atoms with Crippen LogP contribution in [0.25, 0.3) is 0 Å². The Kier molecular flexibility index (Phi) is 4.95. The van der Waals surface area contributed by atoms with Gasteiger partial charge in [0.2, 0.25) is 0 Å². The van der Waals surface area contributed by atoms with Crippen molar-refractivity contribution >= 4 is 11.7 Å². The van der Waals surface area contributed by atoms with E-state index >= 15 is 0 Å². The molecule has 1 saturated heterocycles. The molecule has 0 atom stereocenters. The number of nitrogens with one attached hydrogen (secondary N) is 1. The van der Waals surface area contributed by atoms with Gasteiger partial charge in [0.1, 0.15) is 11.4 Å². The number of halogens is 1. The minimum atomic E-state index is -1.23. The summed E-state index contributed by atoms with van der Waals surface area (Å²) in [7, 11) is 0. The Bertz CT molecular complexity index is 471. The first-order valence-electron chi connectivity index (χ1n) is 7.09. The van der Waals surface area contributed by atoms with Gasteiger partial charge in [0.15, 0.2) is 0 Å². The van der Waals surface area contributed by atoms with Gasteiger partial charge in [-0.05, 0) is 50.5 Å². The molecule has 0 aromatic heterocycles. The SMILES string of the molecule is CCN1CCC(CNc2cccc(F)c2C(=O)O)CC1. The zero-order valence-corrected chi connectivity index (χ0v) is 11.7. The lowest BCUT2D eigenvalue weighted by molar-refractivity contribution is 0.0693. The molecule has 5 heteroatoms. The summed E-state index contributed by atoms with van der Waals surface area (Å²) in [6, 6.07) is 4.33. The Balaban J connectivity index is 1.95. The van der Waals surface area contributed by atoms with Gasteiger partial charge in [-0.25, -0.2) is 9.18 Å². The molecule has 20 heavy (non-hydrogen) atoms. The van der Waals surface area contributed by atoms with Crippen molar-refractivity contribution in [2.24, 2.45) is 5.92 Å². The van der Waals surface area contributed by atoms with E-state index in [1.807, 2.05) is 0 Å². The molecule has 4 nitrogen and oxygen atoms in total. The highest BCUT2D eigenvalue weighted by atomic mass is 19.1. The topological polar surface area (TPSA) is 52.6 Å². The van der Waals surface area contributed by atoms with Crippen molar-refractivity contribution in [1.82, 2.24) is 4.90 Å². The van der Waals surface area contributed by atoms with Crippen LogP contribution >= 0.6 is 0 Å². The first kappa shape index (κ1) is 14.8. The predicted octanol–water partition coefficient (Wildman–Crippen LogP) is 2.67. The molecule has 0 amide bonds. The fraction of sp³-hybridized carbons (Fsp3) is 0.533. The molecule has 1 aromatic rings. The van der Waals surface area contributed by atoms with Crippen molar-refractivity contribution in [2.75, 3.05) is 31.5 Å². The number of hydrogen-bond donors (Lipinski definition) is 2. The lowest BCUT2D eigenvalue weighted by Gasteiger charge is -2.31. The molecular formula is C15H21FN2O2. The summed E-state index contributed by atoms with van der Waals surface area (Å²) in [6.45, 7) is 6.09. The third-order valence-corrected chi connectivity index (χ3v) is 3.96. The van der Waals surface area contributed by atoms with E-state index in [4.69, 9.17) is 5.11 Å². The molecule has 2 N–H and O–H groups in total. The lowest BCUT2D eigenvalue weighted by atomic mass is 9.96. The molecule has 0 radical (unpaired) electrons. The van der Waals surface area contributed by atoms with Gasteiger partial charge in [0, 0.05) is 6.54 Å². The molecule has 1 heterocycles. The lowest BCUT2D eigenvalue weighted by Crippen LogP contribution is -2.35. The number of benzene rings is 1. The average Bonchev–Trinajstić information content (AvgIpc) is 2.45. The van der Waals surface area contributed by atoms with Crippen LogP contribution in [-0.2, 0) is 0 Å². The minimum absolute atomic E-state index is 0.265. The van der Waals surface area contributed by atoms with Gasteiger partial charge in [-0.3, -0.25) is 0 Å². The highest BCUT2D eigenvalue weighted by molar-refractivity contribution is 5.94. The number of carboxylic acids is 1. The van der Waals surface area contributed by atoms with Crippen molar-refractivity contribution in [3.05, 3.63) is 29.6 Å². The molecule has 0 saturated carbocycles. The van der Waals surface area contributed by atoms with E-state index in [2.05, 4.69) is 17.1 Å². The first-order chi connectivity index (χ1) is 9.61. The Labute approximate surface area is 118 Å². The van der Waals surface area contributed by atoms with Crippen LogP contribution in [-0.4, -0.2) is 42.2 Å². The summed E-state index contributed by atoms with van der Waals surface area (Å²) in [5.74, 6) is -1.41. The Hall–Kier alpha value is -1.62. The molecule has 0 aliphatic carbocycles. The van der Waals surface area contributed by atoms with E-state index in [0.717, 1.165) is 32.5 Å². The standard InChI is InChI=1S/C15H21FN2O2/c1-2-18-8-6-11(7-9-18)10-17-13-5-3-4-12(16)14(13)15(19)20/h3-5,11,17H,2,6-10H2,1H3,(H,19,20). The van der Waals surface area contributed by atoms with Gasteiger partial charge in [-0.15, -0.1) is 0 Å². The quantitative estimate of drug-likeness (QED) is 0.870. The largest absolute Gasteiger partial charge is 0.478 e. The van der Waals surface area contributed by atoms with E-state index in [0.29, 0.717) is 18.2 Å². The Morgan fingerprint density at radius 3 is 2.75 bits per heavy atom. The van der Waals surface area contributed by atoms with Gasteiger partial charge >= 0.3 is 5.97 Å². The summed E-state index contributed by atoms with van der Waals surface area (Å²) in [6.07, 6.45) is 2.19. The maximum absolute atomic E-state index is 13.5. The predicted molar refractivity (Wildman–Crippen MR) is 76.7 cm³/mol. The second-order valence-corrected chi connectivity index (χ2v) is 5.23. The van der Waals surface area contributed by atoms with Gasteiger partial charge in [0.05, 0.1) is 5.69 Å². The number of aromatic carboxylic acids is 1. The highest BCUT2D eigenvalue weighted by Crippen LogP contribution is 2.22. The summed E-state index contributed by atoms with van der Waals surface area (Å²) in [5.41, 5.74) is 0.105. The van der Waals surface area contributed by atoms with Crippen LogP contribution in [0.3, 0.4) is 0 Å². The maximum Gasteiger partial charge on any atom is 0.340 e. The second-order valence-electron chi connectivity index (χ2n) is 5.23. The molecule has 1 fully saturated rings. The van der Waals surface area contributed by atoms with E-state index in [1.165, 1.54) is 12.1 Å². The number of hydrogen-bond acceptors (Lipinski definition) is 3. The number of likely N-dealkylation sites (tertiary alicyclic amines) is 1. The monoisotopic (exact) mass is 280 g/mol. The molecule has 2 rings (SSSR count). The minimum Gasteiger partial charge on any atom is -0.478 e. The summed E-state index contributed by atoms with van der Waals surface area (Å²) in [5, 5.41) is 12.2. The van der Waals surface area contributed by atoms with Gasteiger partial charge in [0.25, 0.3) is 0 Å². The average molecular weight is 280 g/mol. The zero-order valence-electron chi connectivity index (χ0n) is 11.7. The van der Waals surface area contributed by atoms with Crippen molar-refractivity contribution in [2.45, 2.75) is 19.8 Å². The number of rotatable bonds is 5. The molecule has 1 aliphatic rings. The fourth-order valence-electron chi connectivity index (χ4n) is 2.65. The van der Waals surface area contributed by atoms with Crippen molar-refractivity contribution in [1.29, 1.82) is 0 Å². The van der Waals surface area contributed by atoms with E-state index in [-0.39, 0.29) is 5.56 Å². The molecule has 0 spiro atoms. The number of piperidine rings is 1. The summed E-state index contributed by atoms with van der Waals surface area (Å²) in [4.78, 5) is 13.5. The zero-order chi connectivity index (χ0) is 14.5. The normalized spacial score (nSPS) is 17.1. The van der Waals surface area contributed by atoms with Crippen molar-refractivity contribution in [3.63, 3.8) is 0 Å². The van der Waals surface area contributed by atoms with Crippen LogP contribution < -0.4 is 5.32 Å². The molecule has 0 unspecified atom stereocenters. The van der Waals surface area contributed by atoms with E-state index < -0.39 is 11.8 Å². The van der Waals surface area contributed by atoms with Crippen molar-refractivity contribution in [3.8, 4) is 0 Å². The van der Waals surface area contributed by atoms with Crippen LogP contribution in [0.1, 0.15) is 30.1 Å². The van der Waals surface area contributed by atoms with Gasteiger partial charge in [-0.2, -0.15) is 0 Å². The maximum atomic E-state index is 13.5. The Morgan fingerprint density at radius 1 is 1.45 bits per heavy atom. The molecule has 1 aromatic carbocycles. The van der Waals surface area contributed by atoms with Crippen molar-refractivity contribution < 1.29 is 14.3 Å². The number of carboxylic acid groups (broad SMARTS) is 1. The molecular weight excluding hydrogens is 259 g/mol.